The average Bonchev–Trinajstić information content (AvgIpc) is 3.18. The van der Waals surface area contributed by atoms with E-state index in [2.05, 4.69) is 25.0 Å². The van der Waals surface area contributed by atoms with Gasteiger partial charge in [0.15, 0.2) is 0 Å². The fraction of sp³-hybridized carbons (Fsp3) is 0.316. The number of anilines is 2. The van der Waals surface area contributed by atoms with Gasteiger partial charge in [-0.25, -0.2) is 4.98 Å². The Labute approximate surface area is 167 Å². The molecule has 0 bridgehead atoms. The lowest BCUT2D eigenvalue weighted by Gasteiger charge is -2.35. The van der Waals surface area contributed by atoms with Crippen LogP contribution >= 0.6 is 22.9 Å². The van der Waals surface area contributed by atoms with Gasteiger partial charge >= 0.3 is 0 Å². The van der Waals surface area contributed by atoms with Crippen LogP contribution in [0.3, 0.4) is 0 Å². The van der Waals surface area contributed by atoms with Crippen molar-refractivity contribution in [2.75, 3.05) is 43.1 Å². The minimum Gasteiger partial charge on any atom is -0.497 e. The van der Waals surface area contributed by atoms with Crippen molar-refractivity contribution in [2.24, 2.45) is 0 Å². The summed E-state index contributed by atoms with van der Waals surface area (Å²) in [5.41, 5.74) is 1.19. The van der Waals surface area contributed by atoms with Crippen LogP contribution in [-0.4, -0.2) is 48.5 Å². The van der Waals surface area contributed by atoms with Crippen molar-refractivity contribution >= 4 is 33.9 Å². The molecule has 0 amide bonds. The highest BCUT2D eigenvalue weighted by atomic mass is 35.5. The van der Waals surface area contributed by atoms with Gasteiger partial charge in [0, 0.05) is 49.9 Å². The second-order valence-electron chi connectivity index (χ2n) is 6.31. The summed E-state index contributed by atoms with van der Waals surface area (Å²) >= 11 is 7.60. The molecule has 0 atom stereocenters. The first-order chi connectivity index (χ1) is 13.2. The highest BCUT2D eigenvalue weighted by Crippen LogP contribution is 2.25. The van der Waals surface area contributed by atoms with Crippen LogP contribution in [0.25, 0.3) is 0 Å². The number of piperazine rings is 1. The molecule has 4 rings (SSSR count). The zero-order chi connectivity index (χ0) is 18.6. The summed E-state index contributed by atoms with van der Waals surface area (Å²) in [7, 11) is 1.67. The molecule has 27 heavy (non-hydrogen) atoms. The van der Waals surface area contributed by atoms with E-state index >= 15 is 0 Å². The third-order valence-corrected chi connectivity index (χ3v) is 5.79. The molecule has 3 aromatic rings. The van der Waals surface area contributed by atoms with Crippen molar-refractivity contribution < 1.29 is 4.74 Å². The molecular weight excluding hydrogens is 382 g/mol. The molecule has 0 radical (unpaired) electrons. The van der Waals surface area contributed by atoms with Gasteiger partial charge in [0.25, 0.3) is 0 Å². The second-order valence-corrected chi connectivity index (χ2v) is 7.79. The number of ether oxygens (including phenoxy) is 1. The van der Waals surface area contributed by atoms with Crippen molar-refractivity contribution in [1.29, 1.82) is 0 Å². The van der Waals surface area contributed by atoms with E-state index in [0.717, 1.165) is 59.3 Å². The fourth-order valence-electron chi connectivity index (χ4n) is 3.05. The maximum atomic E-state index is 5.95. The van der Waals surface area contributed by atoms with E-state index in [0.29, 0.717) is 0 Å². The summed E-state index contributed by atoms with van der Waals surface area (Å²) in [6, 6.07) is 11.7. The van der Waals surface area contributed by atoms with Crippen LogP contribution in [-0.2, 0) is 6.42 Å². The Morgan fingerprint density at radius 1 is 1.04 bits per heavy atom. The number of methoxy groups -OCH3 is 1. The maximum absolute atomic E-state index is 5.95. The molecule has 140 valence electrons. The number of nitrogens with zero attached hydrogens (tertiary/aromatic N) is 5. The van der Waals surface area contributed by atoms with Gasteiger partial charge < -0.3 is 14.5 Å². The molecule has 1 aliphatic heterocycles. The molecule has 0 N–H and O–H groups in total. The molecule has 0 saturated carbocycles. The normalized spacial score (nSPS) is 14.4. The first-order valence-electron chi connectivity index (χ1n) is 8.78. The third-order valence-electron chi connectivity index (χ3n) is 4.55. The smallest absolute Gasteiger partial charge is 0.208 e. The van der Waals surface area contributed by atoms with Gasteiger partial charge in [-0.15, -0.1) is 10.2 Å². The Morgan fingerprint density at radius 3 is 2.52 bits per heavy atom. The lowest BCUT2D eigenvalue weighted by Crippen LogP contribution is -2.46. The van der Waals surface area contributed by atoms with Gasteiger partial charge in [0.05, 0.1) is 7.11 Å². The molecule has 6 nitrogen and oxygen atoms in total. The number of rotatable bonds is 5. The van der Waals surface area contributed by atoms with Crippen LogP contribution in [0.15, 0.2) is 42.6 Å². The minimum absolute atomic E-state index is 0.750. The van der Waals surface area contributed by atoms with Crippen LogP contribution in [0.5, 0.6) is 5.75 Å². The van der Waals surface area contributed by atoms with E-state index in [1.165, 1.54) is 5.56 Å². The van der Waals surface area contributed by atoms with E-state index in [9.17, 15) is 0 Å². The molecular formula is C19H20ClN5OS. The first-order valence-corrected chi connectivity index (χ1v) is 9.97. The monoisotopic (exact) mass is 401 g/mol. The van der Waals surface area contributed by atoms with Gasteiger partial charge in [0.2, 0.25) is 5.13 Å². The second kappa shape index (κ2) is 8.10. The summed E-state index contributed by atoms with van der Waals surface area (Å²) < 4.78 is 5.29. The molecule has 1 saturated heterocycles. The average molecular weight is 402 g/mol. The van der Waals surface area contributed by atoms with Gasteiger partial charge in [-0.2, -0.15) is 0 Å². The zero-order valence-corrected chi connectivity index (χ0v) is 16.6. The molecule has 0 spiro atoms. The topological polar surface area (TPSA) is 54.4 Å². The van der Waals surface area contributed by atoms with E-state index in [4.69, 9.17) is 16.3 Å². The zero-order valence-electron chi connectivity index (χ0n) is 15.0. The molecule has 2 aromatic heterocycles. The largest absolute Gasteiger partial charge is 0.497 e. The molecule has 0 unspecified atom stereocenters. The van der Waals surface area contributed by atoms with Gasteiger partial charge in [-0.1, -0.05) is 35.1 Å². The van der Waals surface area contributed by atoms with Crippen molar-refractivity contribution in [2.45, 2.75) is 6.42 Å². The summed E-state index contributed by atoms with van der Waals surface area (Å²) in [6.07, 6.45) is 2.57. The van der Waals surface area contributed by atoms with E-state index in [1.807, 2.05) is 36.4 Å². The first kappa shape index (κ1) is 18.0. The number of benzene rings is 1. The predicted octanol–water partition coefficient (Wildman–Crippen LogP) is 3.51. The number of hydrogen-bond acceptors (Lipinski definition) is 7. The number of halogens is 1. The summed E-state index contributed by atoms with van der Waals surface area (Å²) in [5.74, 6) is 1.79. The van der Waals surface area contributed by atoms with Gasteiger partial charge in [-0.3, -0.25) is 0 Å². The van der Waals surface area contributed by atoms with Crippen molar-refractivity contribution in [3.8, 4) is 5.75 Å². The van der Waals surface area contributed by atoms with E-state index in [1.54, 1.807) is 24.6 Å². The Bertz CT molecular complexity index is 893. The highest BCUT2D eigenvalue weighted by Gasteiger charge is 2.21. The third kappa shape index (κ3) is 4.31. The summed E-state index contributed by atoms with van der Waals surface area (Å²) in [4.78, 5) is 9.02. The standard InChI is InChI=1S/C19H20ClN5OS/c1-26-16-6-7-21-17(13-16)24-8-10-25(11-9-24)19-23-22-18(27-19)12-14-2-4-15(20)5-3-14/h2-7,13H,8-12H2,1H3. The summed E-state index contributed by atoms with van der Waals surface area (Å²) in [5, 5.41) is 11.5. The number of aromatic nitrogens is 3. The van der Waals surface area contributed by atoms with Crippen LogP contribution in [0.1, 0.15) is 10.6 Å². The quantitative estimate of drug-likeness (QED) is 0.652. The summed E-state index contributed by atoms with van der Waals surface area (Å²) in [6.45, 7) is 3.58. The molecule has 0 aliphatic carbocycles. The Balaban J connectivity index is 1.37. The van der Waals surface area contributed by atoms with Crippen LogP contribution in [0, 0.1) is 0 Å². The Morgan fingerprint density at radius 2 is 1.78 bits per heavy atom. The molecule has 8 heteroatoms. The lowest BCUT2D eigenvalue weighted by molar-refractivity contribution is 0.414. The fourth-order valence-corrected chi connectivity index (χ4v) is 4.10. The Hall–Kier alpha value is -2.38. The maximum Gasteiger partial charge on any atom is 0.208 e. The molecule has 3 heterocycles. The van der Waals surface area contributed by atoms with Crippen molar-refractivity contribution in [3.05, 3.63) is 58.2 Å². The molecule has 1 fully saturated rings. The lowest BCUT2D eigenvalue weighted by atomic mass is 10.2. The van der Waals surface area contributed by atoms with E-state index in [-0.39, 0.29) is 0 Å². The van der Waals surface area contributed by atoms with Gasteiger partial charge in [-0.05, 0) is 23.8 Å². The van der Waals surface area contributed by atoms with Crippen LogP contribution < -0.4 is 14.5 Å². The molecule has 1 aromatic carbocycles. The van der Waals surface area contributed by atoms with Crippen molar-refractivity contribution in [3.63, 3.8) is 0 Å². The van der Waals surface area contributed by atoms with E-state index < -0.39 is 0 Å². The van der Waals surface area contributed by atoms with Crippen LogP contribution in [0.4, 0.5) is 10.9 Å². The SMILES string of the molecule is COc1ccnc(N2CCN(c3nnc(Cc4ccc(Cl)cc4)s3)CC2)c1. The van der Waals surface area contributed by atoms with Gasteiger partial charge in [0.1, 0.15) is 16.6 Å². The number of hydrogen-bond donors (Lipinski definition) is 0. The minimum atomic E-state index is 0.750. The predicted molar refractivity (Wildman–Crippen MR) is 109 cm³/mol. The van der Waals surface area contributed by atoms with Crippen LogP contribution in [0.2, 0.25) is 5.02 Å². The molecule has 1 aliphatic rings. The Kier molecular flexibility index (Phi) is 5.40. The number of pyridine rings is 1. The highest BCUT2D eigenvalue weighted by molar-refractivity contribution is 7.15. The van der Waals surface area contributed by atoms with Crippen molar-refractivity contribution in [1.82, 2.24) is 15.2 Å².